The molecule has 0 aliphatic rings. The minimum Gasteiger partial charge on any atom is -0.329 e. The second-order valence-electron chi connectivity index (χ2n) is 5.33. The molecule has 2 aromatic carbocycles. The normalized spacial score (nSPS) is 10.2. The van der Waals surface area contributed by atoms with Crippen LogP contribution in [-0.4, -0.2) is 29.8 Å². The minimum absolute atomic E-state index is 0.0764. The molecule has 0 N–H and O–H groups in total. The molecule has 120 valence electrons. The van der Waals surface area contributed by atoms with Gasteiger partial charge in [0, 0.05) is 25.7 Å². The fraction of sp³-hybridized carbons (Fsp3) is 0.263. The quantitative estimate of drug-likeness (QED) is 0.822. The van der Waals surface area contributed by atoms with Gasteiger partial charge in [0.1, 0.15) is 6.54 Å². The van der Waals surface area contributed by atoms with Gasteiger partial charge in [-0.2, -0.15) is 0 Å². The fourth-order valence-corrected chi connectivity index (χ4v) is 2.44. The highest BCUT2D eigenvalue weighted by molar-refractivity contribution is 5.96. The summed E-state index contributed by atoms with van der Waals surface area (Å²) in [6.07, 6.45) is 0. The number of nitrogens with zero attached hydrogens (tertiary/aromatic N) is 2. The van der Waals surface area contributed by atoms with E-state index in [-0.39, 0.29) is 18.4 Å². The highest BCUT2D eigenvalue weighted by atomic mass is 16.2. The van der Waals surface area contributed by atoms with Gasteiger partial charge in [0.25, 0.3) is 0 Å². The van der Waals surface area contributed by atoms with Gasteiger partial charge >= 0.3 is 0 Å². The molecule has 0 saturated heterocycles. The number of anilines is 1. The molecular weight excluding hydrogens is 288 g/mol. The Labute approximate surface area is 137 Å². The average molecular weight is 310 g/mol. The van der Waals surface area contributed by atoms with E-state index in [1.54, 1.807) is 9.80 Å². The van der Waals surface area contributed by atoms with Crippen LogP contribution in [0.1, 0.15) is 19.4 Å². The smallest absolute Gasteiger partial charge is 0.246 e. The van der Waals surface area contributed by atoms with Gasteiger partial charge in [0.2, 0.25) is 11.8 Å². The number of carbonyl (C=O) groups excluding carboxylic acids is 2. The molecule has 0 aliphatic carbocycles. The highest BCUT2D eigenvalue weighted by Crippen LogP contribution is 2.14. The maximum Gasteiger partial charge on any atom is 0.246 e. The first-order chi connectivity index (χ1) is 11.1. The third-order valence-electron chi connectivity index (χ3n) is 3.67. The molecular formula is C19H22N2O2. The first kappa shape index (κ1) is 16.7. The lowest BCUT2D eigenvalue weighted by atomic mass is 10.2. The Morgan fingerprint density at radius 2 is 1.48 bits per heavy atom. The standard InChI is InChI=1S/C19H22N2O2/c1-3-21(18-12-8-5-9-13-18)19(23)15-20(16(2)22)14-17-10-6-4-7-11-17/h4-13H,3,14-15H2,1-2H3. The molecule has 2 rings (SSSR count). The Morgan fingerprint density at radius 3 is 2.00 bits per heavy atom. The van der Waals surface area contributed by atoms with Crippen molar-refractivity contribution in [2.24, 2.45) is 0 Å². The third-order valence-corrected chi connectivity index (χ3v) is 3.67. The van der Waals surface area contributed by atoms with Crippen LogP contribution in [0, 0.1) is 0 Å². The minimum atomic E-state index is -0.105. The average Bonchev–Trinajstić information content (AvgIpc) is 2.57. The van der Waals surface area contributed by atoms with Gasteiger partial charge in [-0.1, -0.05) is 48.5 Å². The van der Waals surface area contributed by atoms with E-state index < -0.39 is 0 Å². The second kappa shape index (κ2) is 8.13. The van der Waals surface area contributed by atoms with Crippen molar-refractivity contribution in [2.75, 3.05) is 18.0 Å². The molecule has 0 unspecified atom stereocenters. The summed E-state index contributed by atoms with van der Waals surface area (Å²) < 4.78 is 0. The molecule has 0 fully saturated rings. The second-order valence-corrected chi connectivity index (χ2v) is 5.33. The molecule has 0 atom stereocenters. The Hall–Kier alpha value is -2.62. The van der Waals surface area contributed by atoms with Crippen molar-refractivity contribution in [1.29, 1.82) is 0 Å². The van der Waals surface area contributed by atoms with Crippen LogP contribution in [0.25, 0.3) is 0 Å². The zero-order valence-electron chi connectivity index (χ0n) is 13.6. The zero-order valence-corrected chi connectivity index (χ0v) is 13.6. The number of benzene rings is 2. The predicted octanol–water partition coefficient (Wildman–Crippen LogP) is 3.09. The number of likely N-dealkylation sites (N-methyl/N-ethyl adjacent to an activating group) is 1. The highest BCUT2D eigenvalue weighted by Gasteiger charge is 2.19. The molecule has 2 aromatic rings. The van der Waals surface area contributed by atoms with Crippen LogP contribution in [0.5, 0.6) is 0 Å². The first-order valence-electron chi connectivity index (χ1n) is 7.76. The maximum absolute atomic E-state index is 12.6. The number of rotatable bonds is 6. The van der Waals surface area contributed by atoms with Crippen molar-refractivity contribution in [3.8, 4) is 0 Å². The van der Waals surface area contributed by atoms with Crippen molar-refractivity contribution in [3.05, 3.63) is 66.2 Å². The molecule has 23 heavy (non-hydrogen) atoms. The van der Waals surface area contributed by atoms with Gasteiger partial charge in [0.15, 0.2) is 0 Å². The summed E-state index contributed by atoms with van der Waals surface area (Å²) >= 11 is 0. The fourth-order valence-electron chi connectivity index (χ4n) is 2.44. The number of para-hydroxylation sites is 1. The number of hydrogen-bond donors (Lipinski definition) is 0. The van der Waals surface area contributed by atoms with E-state index in [2.05, 4.69) is 0 Å². The number of carbonyl (C=O) groups is 2. The molecule has 0 radical (unpaired) electrons. The van der Waals surface area contributed by atoms with Crippen LogP contribution >= 0.6 is 0 Å². The van der Waals surface area contributed by atoms with Crippen LogP contribution in [0.3, 0.4) is 0 Å². The van der Waals surface area contributed by atoms with Gasteiger partial charge in [-0.25, -0.2) is 0 Å². The molecule has 0 aromatic heterocycles. The predicted molar refractivity (Wildman–Crippen MR) is 92.0 cm³/mol. The molecule has 0 aliphatic heterocycles. The van der Waals surface area contributed by atoms with E-state index in [0.717, 1.165) is 11.3 Å². The van der Waals surface area contributed by atoms with E-state index in [1.807, 2.05) is 67.6 Å². The van der Waals surface area contributed by atoms with Crippen molar-refractivity contribution in [2.45, 2.75) is 20.4 Å². The lowest BCUT2D eigenvalue weighted by molar-refractivity contribution is -0.134. The molecule has 0 bridgehead atoms. The van der Waals surface area contributed by atoms with Gasteiger partial charge in [-0.15, -0.1) is 0 Å². The summed E-state index contributed by atoms with van der Waals surface area (Å²) in [5, 5.41) is 0. The van der Waals surface area contributed by atoms with Gasteiger partial charge in [-0.3, -0.25) is 9.59 Å². The van der Waals surface area contributed by atoms with Crippen LogP contribution in [0.2, 0.25) is 0 Å². The molecule has 4 heteroatoms. The van der Waals surface area contributed by atoms with Crippen molar-refractivity contribution < 1.29 is 9.59 Å². The Bertz CT molecular complexity index is 641. The van der Waals surface area contributed by atoms with Gasteiger partial charge in [-0.05, 0) is 24.6 Å². The molecule has 2 amide bonds. The van der Waals surface area contributed by atoms with E-state index in [0.29, 0.717) is 13.1 Å². The van der Waals surface area contributed by atoms with Crippen molar-refractivity contribution in [1.82, 2.24) is 4.90 Å². The van der Waals surface area contributed by atoms with Gasteiger partial charge in [0.05, 0.1) is 0 Å². The van der Waals surface area contributed by atoms with Crippen LogP contribution in [0.4, 0.5) is 5.69 Å². The van der Waals surface area contributed by atoms with E-state index >= 15 is 0 Å². The number of amides is 2. The zero-order chi connectivity index (χ0) is 16.7. The Balaban J connectivity index is 2.09. The van der Waals surface area contributed by atoms with Crippen molar-refractivity contribution >= 4 is 17.5 Å². The summed E-state index contributed by atoms with van der Waals surface area (Å²) in [5.74, 6) is -0.184. The molecule has 0 heterocycles. The monoisotopic (exact) mass is 310 g/mol. The lowest BCUT2D eigenvalue weighted by Gasteiger charge is -2.26. The summed E-state index contributed by atoms with van der Waals surface area (Å²) in [4.78, 5) is 27.8. The SMILES string of the molecule is CCN(C(=O)CN(Cc1ccccc1)C(C)=O)c1ccccc1. The third kappa shape index (κ3) is 4.68. The Kier molecular flexibility index (Phi) is 5.92. The summed E-state index contributed by atoms with van der Waals surface area (Å²) in [6.45, 7) is 4.51. The summed E-state index contributed by atoms with van der Waals surface area (Å²) in [6, 6.07) is 19.2. The molecule has 0 saturated carbocycles. The van der Waals surface area contributed by atoms with Gasteiger partial charge < -0.3 is 9.80 Å². The number of hydrogen-bond acceptors (Lipinski definition) is 2. The lowest BCUT2D eigenvalue weighted by Crippen LogP contribution is -2.42. The summed E-state index contributed by atoms with van der Waals surface area (Å²) in [7, 11) is 0. The van der Waals surface area contributed by atoms with E-state index in [1.165, 1.54) is 6.92 Å². The first-order valence-corrected chi connectivity index (χ1v) is 7.76. The van der Waals surface area contributed by atoms with Crippen molar-refractivity contribution in [3.63, 3.8) is 0 Å². The van der Waals surface area contributed by atoms with E-state index in [4.69, 9.17) is 0 Å². The largest absolute Gasteiger partial charge is 0.329 e. The van der Waals surface area contributed by atoms with Crippen LogP contribution in [0.15, 0.2) is 60.7 Å². The summed E-state index contributed by atoms with van der Waals surface area (Å²) in [5.41, 5.74) is 1.86. The van der Waals surface area contributed by atoms with E-state index in [9.17, 15) is 9.59 Å². The molecule has 4 nitrogen and oxygen atoms in total. The Morgan fingerprint density at radius 1 is 0.913 bits per heavy atom. The maximum atomic E-state index is 12.6. The van der Waals surface area contributed by atoms with Crippen LogP contribution in [-0.2, 0) is 16.1 Å². The topological polar surface area (TPSA) is 40.6 Å². The molecule has 0 spiro atoms. The van der Waals surface area contributed by atoms with Crippen LogP contribution < -0.4 is 4.90 Å².